The van der Waals surface area contributed by atoms with Gasteiger partial charge in [-0.3, -0.25) is 9.80 Å². The number of hydrogen-bond donors (Lipinski definition) is 0. The molecule has 0 amide bonds. The Bertz CT molecular complexity index is 1240. The van der Waals surface area contributed by atoms with Gasteiger partial charge in [-0.1, -0.05) is 47.5 Å². The summed E-state index contributed by atoms with van der Waals surface area (Å²) in [5.41, 5.74) is 5.36. The Balaban J connectivity index is 1.62. The van der Waals surface area contributed by atoms with Crippen LogP contribution in [0.5, 0.6) is 5.75 Å². The molecule has 4 rings (SSSR count). The Labute approximate surface area is 292 Å². The van der Waals surface area contributed by atoms with E-state index < -0.39 is 0 Å². The molecule has 0 N–H and O–H groups in total. The molecule has 1 aliphatic heterocycles. The summed E-state index contributed by atoms with van der Waals surface area (Å²) < 4.78 is 5.62. The third-order valence-corrected chi connectivity index (χ3v) is 9.32. The van der Waals surface area contributed by atoms with Gasteiger partial charge >= 0.3 is 0 Å². The fourth-order valence-electron chi connectivity index (χ4n) is 5.82. The largest absolute Gasteiger partial charge is 0.497 e. The lowest BCUT2D eigenvalue weighted by molar-refractivity contribution is -0.00914. The third-order valence-electron chi connectivity index (χ3n) is 7.94. The number of halogens is 6. The van der Waals surface area contributed by atoms with E-state index in [-0.39, 0.29) is 6.17 Å². The zero-order valence-corrected chi connectivity index (χ0v) is 29.5. The van der Waals surface area contributed by atoms with Crippen molar-refractivity contribution in [1.82, 2.24) is 9.80 Å². The number of anilines is 2. The van der Waals surface area contributed by atoms with Crippen molar-refractivity contribution in [2.24, 2.45) is 0 Å². The first-order valence-electron chi connectivity index (χ1n) is 14.8. The molecule has 0 bridgehead atoms. The van der Waals surface area contributed by atoms with Crippen molar-refractivity contribution in [3.05, 3.63) is 87.4 Å². The van der Waals surface area contributed by atoms with Gasteiger partial charge in [-0.25, -0.2) is 0 Å². The van der Waals surface area contributed by atoms with Crippen LogP contribution in [0.15, 0.2) is 60.7 Å². The maximum absolute atomic E-state index is 6.92. The molecule has 240 valence electrons. The molecule has 0 aliphatic carbocycles. The summed E-state index contributed by atoms with van der Waals surface area (Å²) in [5.74, 6) is 2.92. The molecule has 44 heavy (non-hydrogen) atoms. The van der Waals surface area contributed by atoms with Gasteiger partial charge in [0, 0.05) is 97.3 Å². The highest BCUT2D eigenvalue weighted by atomic mass is 35.5. The molecule has 0 radical (unpaired) electrons. The number of ether oxygens (including phenoxy) is 1. The summed E-state index contributed by atoms with van der Waals surface area (Å²) in [6, 6.07) is 20.8. The van der Waals surface area contributed by atoms with Gasteiger partial charge in [0.15, 0.2) is 0 Å². The zero-order chi connectivity index (χ0) is 31.5. The Hall–Kier alpha value is -1.28. The maximum atomic E-state index is 6.92. The van der Waals surface area contributed by atoms with Gasteiger partial charge in [-0.15, -0.1) is 46.4 Å². The number of methoxy groups -OCH3 is 1. The van der Waals surface area contributed by atoms with E-state index in [4.69, 9.17) is 74.3 Å². The smallest absolute Gasteiger partial charge is 0.119 e. The van der Waals surface area contributed by atoms with Crippen LogP contribution in [0.1, 0.15) is 29.3 Å². The van der Waals surface area contributed by atoms with Crippen molar-refractivity contribution in [1.29, 1.82) is 0 Å². The first-order valence-corrected chi connectivity index (χ1v) is 17.7. The van der Waals surface area contributed by atoms with E-state index in [2.05, 4.69) is 56.0 Å². The summed E-state index contributed by atoms with van der Waals surface area (Å²) in [6.45, 7) is 6.10. The number of hydrogen-bond acceptors (Lipinski definition) is 5. The van der Waals surface area contributed by atoms with Crippen LogP contribution in [0, 0.1) is 0 Å². The van der Waals surface area contributed by atoms with Crippen molar-refractivity contribution in [3.8, 4) is 5.75 Å². The Morgan fingerprint density at radius 2 is 1.16 bits per heavy atom. The van der Waals surface area contributed by atoms with Crippen molar-refractivity contribution in [2.75, 3.05) is 79.7 Å². The van der Waals surface area contributed by atoms with Crippen LogP contribution in [0.25, 0.3) is 0 Å². The molecular formula is C33H40Cl6N4O. The van der Waals surface area contributed by atoms with Crippen LogP contribution < -0.4 is 14.5 Å². The molecule has 3 aromatic carbocycles. The van der Waals surface area contributed by atoms with E-state index in [0.717, 1.165) is 63.4 Å². The van der Waals surface area contributed by atoms with Crippen molar-refractivity contribution < 1.29 is 4.74 Å². The number of benzene rings is 3. The molecule has 0 atom stereocenters. The van der Waals surface area contributed by atoms with Crippen LogP contribution in [0.2, 0.25) is 10.0 Å². The molecule has 1 saturated heterocycles. The van der Waals surface area contributed by atoms with Crippen LogP contribution >= 0.6 is 69.6 Å². The molecule has 5 nitrogen and oxygen atoms in total. The van der Waals surface area contributed by atoms with Crippen LogP contribution in [0.4, 0.5) is 11.4 Å². The van der Waals surface area contributed by atoms with Gasteiger partial charge in [0.05, 0.1) is 13.3 Å². The molecule has 1 aliphatic rings. The predicted molar refractivity (Wildman–Crippen MR) is 191 cm³/mol. The van der Waals surface area contributed by atoms with E-state index in [0.29, 0.717) is 62.8 Å². The average molecular weight is 721 g/mol. The molecule has 1 heterocycles. The second kappa shape index (κ2) is 18.2. The lowest BCUT2D eigenvalue weighted by Gasteiger charge is -2.44. The first-order chi connectivity index (χ1) is 21.4. The van der Waals surface area contributed by atoms with Gasteiger partial charge < -0.3 is 14.5 Å². The Morgan fingerprint density at radius 3 is 1.57 bits per heavy atom. The van der Waals surface area contributed by atoms with Gasteiger partial charge in [0.2, 0.25) is 0 Å². The van der Waals surface area contributed by atoms with Crippen LogP contribution in [0.3, 0.4) is 0 Å². The zero-order valence-electron chi connectivity index (χ0n) is 25.0. The average Bonchev–Trinajstić information content (AvgIpc) is 3.03. The highest BCUT2D eigenvalue weighted by molar-refractivity contribution is 6.32. The van der Waals surface area contributed by atoms with Crippen LogP contribution in [-0.2, 0) is 13.1 Å². The summed E-state index contributed by atoms with van der Waals surface area (Å²) in [5, 5.41) is 1.46. The highest BCUT2D eigenvalue weighted by Gasteiger charge is 2.32. The first kappa shape index (κ1) is 35.6. The highest BCUT2D eigenvalue weighted by Crippen LogP contribution is 2.36. The minimum Gasteiger partial charge on any atom is -0.497 e. The second-order valence-corrected chi connectivity index (χ2v) is 13.1. The Kier molecular flexibility index (Phi) is 14.7. The van der Waals surface area contributed by atoms with E-state index in [1.807, 2.05) is 24.3 Å². The van der Waals surface area contributed by atoms with Crippen molar-refractivity contribution in [3.63, 3.8) is 0 Å². The number of rotatable bonds is 16. The van der Waals surface area contributed by atoms with E-state index in [1.165, 1.54) is 0 Å². The van der Waals surface area contributed by atoms with Gasteiger partial charge in [-0.05, 0) is 59.5 Å². The lowest BCUT2D eigenvalue weighted by atomic mass is 10.0. The normalized spacial score (nSPS) is 14.6. The summed E-state index contributed by atoms with van der Waals surface area (Å²) in [4.78, 5) is 9.30. The molecule has 1 fully saturated rings. The molecular weight excluding hydrogens is 681 g/mol. The minimum atomic E-state index is -0.00155. The quantitative estimate of drug-likeness (QED) is 0.138. The SMILES string of the molecule is COc1cccc(C2N(Cc3ccc(N(CCCl)CCCl)cc3Cl)CCCN2Cc2ccc(N(CCCl)CCCl)cc2Cl)c1. The van der Waals surface area contributed by atoms with Gasteiger partial charge in [0.1, 0.15) is 5.75 Å². The molecule has 0 saturated carbocycles. The van der Waals surface area contributed by atoms with Crippen LogP contribution in [-0.4, -0.2) is 79.7 Å². The lowest BCUT2D eigenvalue weighted by Crippen LogP contribution is -2.47. The number of alkyl halides is 4. The van der Waals surface area contributed by atoms with Crippen molar-refractivity contribution in [2.45, 2.75) is 25.7 Å². The van der Waals surface area contributed by atoms with Gasteiger partial charge in [-0.2, -0.15) is 0 Å². The maximum Gasteiger partial charge on any atom is 0.119 e. The Morgan fingerprint density at radius 1 is 0.682 bits per heavy atom. The predicted octanol–water partition coefficient (Wildman–Crippen LogP) is 8.98. The summed E-state index contributed by atoms with van der Waals surface area (Å²) >= 11 is 38.0. The molecule has 3 aromatic rings. The van der Waals surface area contributed by atoms with E-state index >= 15 is 0 Å². The minimum absolute atomic E-state index is 0.00155. The van der Waals surface area contributed by atoms with Crippen molar-refractivity contribution >= 4 is 81.0 Å². The standard InChI is InChI=1S/C33H40Cl6N4O/c1-44-30-5-2-4-25(20-30)33-42(23-26-6-8-28(21-31(26)38)40(16-10-34)17-11-35)14-3-15-43(33)24-27-7-9-29(22-32(27)39)41(18-12-36)19-13-37/h2,4-9,20-22,33H,3,10-19,23-24H2,1H3. The molecule has 11 heteroatoms. The topological polar surface area (TPSA) is 22.2 Å². The summed E-state index contributed by atoms with van der Waals surface area (Å²) in [6.07, 6.45) is 1.02. The fraction of sp³-hybridized carbons (Fsp3) is 0.455. The summed E-state index contributed by atoms with van der Waals surface area (Å²) in [7, 11) is 1.70. The van der Waals surface area contributed by atoms with E-state index in [1.54, 1.807) is 7.11 Å². The third kappa shape index (κ3) is 9.39. The monoisotopic (exact) mass is 718 g/mol. The fourth-order valence-corrected chi connectivity index (χ4v) is 7.10. The van der Waals surface area contributed by atoms with E-state index in [9.17, 15) is 0 Å². The number of nitrogens with zero attached hydrogens (tertiary/aromatic N) is 4. The molecule has 0 spiro atoms. The molecule has 0 unspecified atom stereocenters. The van der Waals surface area contributed by atoms with Gasteiger partial charge in [0.25, 0.3) is 0 Å². The molecule has 0 aromatic heterocycles. The second-order valence-electron chi connectivity index (χ2n) is 10.7.